The molecule has 0 aliphatic carbocycles. The van der Waals surface area contributed by atoms with Crippen molar-refractivity contribution < 1.29 is 38.1 Å². The maximum atomic E-state index is 12.7. The van der Waals surface area contributed by atoms with E-state index in [1.165, 1.54) is 11.6 Å². The van der Waals surface area contributed by atoms with Gasteiger partial charge in [-0.1, -0.05) is 82.6 Å². The predicted molar refractivity (Wildman–Crippen MR) is 181 cm³/mol. The highest BCUT2D eigenvalue weighted by atomic mass is 16.5. The average molecular weight is 683 g/mol. The maximum Gasteiger partial charge on any atom is 0.407 e. The van der Waals surface area contributed by atoms with Gasteiger partial charge in [-0.15, -0.1) is 5.10 Å². The number of hydrogen-bond acceptors (Lipinski definition) is 11. The number of nitrogens with zero attached hydrogens (tertiary/aromatic N) is 4. The van der Waals surface area contributed by atoms with Crippen LogP contribution in [0, 0.1) is 5.41 Å². The largest absolute Gasteiger partial charge is 0.466 e. The highest BCUT2D eigenvalue weighted by Gasteiger charge is 2.28. The first-order valence-electron chi connectivity index (χ1n) is 16.5. The number of ether oxygens (including phenoxy) is 4. The number of unbranched alkanes of at least 4 members (excludes halogenated alkanes) is 2. The lowest BCUT2D eigenvalue weighted by Gasteiger charge is -2.24. The van der Waals surface area contributed by atoms with Crippen LogP contribution in [0.3, 0.4) is 0 Å². The van der Waals surface area contributed by atoms with Crippen LogP contribution >= 0.6 is 0 Å². The summed E-state index contributed by atoms with van der Waals surface area (Å²) in [5.74, 6) is -0.336. The number of carbonyl (C=O) groups is 4. The highest BCUT2D eigenvalue weighted by Crippen LogP contribution is 2.18. The van der Waals surface area contributed by atoms with Crippen LogP contribution in [0.15, 0.2) is 60.7 Å². The van der Waals surface area contributed by atoms with Crippen LogP contribution < -0.4 is 10.6 Å². The van der Waals surface area contributed by atoms with Gasteiger partial charge >= 0.3 is 18.0 Å². The minimum Gasteiger partial charge on any atom is -0.466 e. The molecule has 0 saturated heterocycles. The van der Waals surface area contributed by atoms with Crippen LogP contribution in [-0.2, 0) is 41.7 Å². The SMILES string of the molecule is CC(C)(C)C(=O)N[C@H](COCc1ccccc1)c1nnnn1CCOC(=O)NCCCCOC(=O)c1ccccc1.CCCCOC(C)=O. The number of esters is 2. The quantitative estimate of drug-likeness (QED) is 0.107. The predicted octanol–water partition coefficient (Wildman–Crippen LogP) is 4.81. The van der Waals surface area contributed by atoms with Gasteiger partial charge in [-0.2, -0.15) is 0 Å². The number of carbonyl (C=O) groups excluding carboxylic acids is 4. The molecule has 49 heavy (non-hydrogen) atoms. The Labute approximate surface area is 288 Å². The molecule has 0 bridgehead atoms. The smallest absolute Gasteiger partial charge is 0.407 e. The molecular weight excluding hydrogens is 632 g/mol. The maximum absolute atomic E-state index is 12.7. The summed E-state index contributed by atoms with van der Waals surface area (Å²) >= 11 is 0. The molecule has 2 N–H and O–H groups in total. The molecule has 14 heteroatoms. The summed E-state index contributed by atoms with van der Waals surface area (Å²) in [6.07, 6.45) is 2.69. The Balaban J connectivity index is 0.000000924. The fourth-order valence-corrected chi connectivity index (χ4v) is 3.92. The van der Waals surface area contributed by atoms with Crippen molar-refractivity contribution in [1.82, 2.24) is 30.8 Å². The van der Waals surface area contributed by atoms with Gasteiger partial charge in [0.2, 0.25) is 5.91 Å². The molecule has 3 rings (SSSR count). The Bertz CT molecular complexity index is 1400. The van der Waals surface area contributed by atoms with Crippen LogP contribution in [0.5, 0.6) is 0 Å². The van der Waals surface area contributed by atoms with Crippen LogP contribution in [0.25, 0.3) is 0 Å². The molecule has 0 radical (unpaired) electrons. The fourth-order valence-electron chi connectivity index (χ4n) is 3.92. The number of rotatable bonds is 18. The molecular formula is C35H50N6O8. The van der Waals surface area contributed by atoms with Gasteiger partial charge in [-0.25, -0.2) is 14.3 Å². The lowest BCUT2D eigenvalue weighted by atomic mass is 9.95. The monoisotopic (exact) mass is 682 g/mol. The van der Waals surface area contributed by atoms with Crippen molar-refractivity contribution in [2.75, 3.05) is 33.0 Å². The summed E-state index contributed by atoms with van der Waals surface area (Å²) in [7, 11) is 0. The second-order valence-electron chi connectivity index (χ2n) is 12.0. The Morgan fingerprint density at radius 3 is 2.18 bits per heavy atom. The topological polar surface area (TPSA) is 173 Å². The third-order valence-electron chi connectivity index (χ3n) is 6.68. The van der Waals surface area contributed by atoms with Crippen LogP contribution in [0.2, 0.25) is 0 Å². The third kappa shape index (κ3) is 17.2. The summed E-state index contributed by atoms with van der Waals surface area (Å²) < 4.78 is 22.5. The molecule has 1 heterocycles. The Morgan fingerprint density at radius 2 is 1.53 bits per heavy atom. The number of hydrogen-bond donors (Lipinski definition) is 2. The summed E-state index contributed by atoms with van der Waals surface area (Å²) in [6.45, 7) is 10.9. The van der Waals surface area contributed by atoms with E-state index < -0.39 is 17.6 Å². The van der Waals surface area contributed by atoms with Crippen molar-refractivity contribution in [3.63, 3.8) is 0 Å². The molecule has 0 saturated carbocycles. The molecule has 0 aliphatic rings. The standard InChI is InChI=1S/C29H38N6O6.C6H12O2/c1-29(2,3)27(37)31-24(21-39-20-22-12-6-4-7-13-22)25-32-33-34-35(25)17-19-41-28(38)30-16-10-11-18-40-26(36)23-14-8-5-9-15-23;1-3-4-5-8-6(2)7/h4-9,12-15,24H,10-11,16-21H2,1-3H3,(H,30,38)(H,31,37);3-5H2,1-2H3/t24-;/m1./s1. The lowest BCUT2D eigenvalue weighted by molar-refractivity contribution is -0.141. The zero-order valence-corrected chi connectivity index (χ0v) is 29.2. The van der Waals surface area contributed by atoms with E-state index in [1.54, 1.807) is 24.3 Å². The van der Waals surface area contributed by atoms with E-state index >= 15 is 0 Å². The average Bonchev–Trinajstić information content (AvgIpc) is 3.55. The molecule has 0 fully saturated rings. The third-order valence-corrected chi connectivity index (χ3v) is 6.68. The van der Waals surface area contributed by atoms with Crippen molar-refractivity contribution in [2.45, 2.75) is 79.5 Å². The van der Waals surface area contributed by atoms with Gasteiger partial charge in [0.05, 0.1) is 38.5 Å². The normalized spacial score (nSPS) is 11.4. The highest BCUT2D eigenvalue weighted by molar-refractivity contribution is 5.89. The van der Waals surface area contributed by atoms with Crippen LogP contribution in [0.1, 0.15) is 88.1 Å². The number of tetrazole rings is 1. The minimum absolute atomic E-state index is 0.0172. The summed E-state index contributed by atoms with van der Waals surface area (Å²) in [6, 6.07) is 17.9. The lowest BCUT2D eigenvalue weighted by Crippen LogP contribution is -2.40. The van der Waals surface area contributed by atoms with E-state index in [0.717, 1.165) is 18.4 Å². The molecule has 2 amide bonds. The summed E-state index contributed by atoms with van der Waals surface area (Å²) in [4.78, 5) is 46.8. The van der Waals surface area contributed by atoms with Gasteiger partial charge < -0.3 is 29.6 Å². The van der Waals surface area contributed by atoms with Crippen LogP contribution in [0.4, 0.5) is 4.79 Å². The second-order valence-corrected chi connectivity index (χ2v) is 12.0. The zero-order chi connectivity index (χ0) is 35.9. The van der Waals surface area contributed by atoms with Crippen molar-refractivity contribution in [1.29, 1.82) is 0 Å². The molecule has 0 unspecified atom stereocenters. The van der Waals surface area contributed by atoms with Crippen LogP contribution in [-0.4, -0.2) is 77.1 Å². The minimum atomic E-state index is -0.624. The first kappa shape index (κ1) is 40.3. The van der Waals surface area contributed by atoms with E-state index in [9.17, 15) is 19.2 Å². The first-order valence-corrected chi connectivity index (χ1v) is 16.5. The molecule has 268 valence electrons. The van der Waals surface area contributed by atoms with E-state index in [0.29, 0.717) is 44.0 Å². The van der Waals surface area contributed by atoms with Crippen molar-refractivity contribution in [3.05, 3.63) is 77.6 Å². The summed E-state index contributed by atoms with van der Waals surface area (Å²) in [5, 5.41) is 17.5. The zero-order valence-electron chi connectivity index (χ0n) is 29.2. The second kappa shape index (κ2) is 22.7. The molecule has 0 spiro atoms. The number of aromatic nitrogens is 4. The van der Waals surface area contributed by atoms with Gasteiger partial charge in [0.25, 0.3) is 0 Å². The Hall–Kier alpha value is -4.85. The van der Waals surface area contributed by atoms with E-state index in [4.69, 9.17) is 14.2 Å². The van der Waals surface area contributed by atoms with Crippen molar-refractivity contribution >= 4 is 23.9 Å². The number of amides is 2. The first-order chi connectivity index (χ1) is 23.5. The van der Waals surface area contributed by atoms with Gasteiger partial charge in [-0.05, 0) is 47.4 Å². The van der Waals surface area contributed by atoms with Crippen molar-refractivity contribution in [2.24, 2.45) is 5.41 Å². The van der Waals surface area contributed by atoms with Crippen molar-refractivity contribution in [3.8, 4) is 0 Å². The van der Waals surface area contributed by atoms with Gasteiger partial charge in [0, 0.05) is 18.9 Å². The molecule has 2 aromatic carbocycles. The fraction of sp³-hybridized carbons (Fsp3) is 0.514. The molecule has 3 aromatic rings. The van der Waals surface area contributed by atoms with Gasteiger partial charge in [0.1, 0.15) is 12.6 Å². The Morgan fingerprint density at radius 1 is 0.857 bits per heavy atom. The Kier molecular flexibility index (Phi) is 18.7. The van der Waals surface area contributed by atoms with E-state index in [-0.39, 0.29) is 44.2 Å². The molecule has 14 nitrogen and oxygen atoms in total. The number of benzene rings is 2. The molecule has 1 atom stereocenters. The van der Waals surface area contributed by atoms with E-state index in [1.807, 2.05) is 57.2 Å². The number of nitrogens with one attached hydrogen (secondary N) is 2. The summed E-state index contributed by atoms with van der Waals surface area (Å²) in [5.41, 5.74) is 0.879. The molecule has 0 aliphatic heterocycles. The van der Waals surface area contributed by atoms with Gasteiger partial charge in [0.15, 0.2) is 5.82 Å². The molecule has 1 aromatic heterocycles. The van der Waals surface area contributed by atoms with E-state index in [2.05, 4.69) is 37.8 Å². The number of alkyl carbamates (subject to hydrolysis) is 1. The van der Waals surface area contributed by atoms with Gasteiger partial charge in [-0.3, -0.25) is 9.59 Å².